The molecule has 6 atom stereocenters. The van der Waals surface area contributed by atoms with Crippen LogP contribution in [0.5, 0.6) is 0 Å². The van der Waals surface area contributed by atoms with Crippen LogP contribution >= 0.6 is 11.6 Å². The molecule has 228 valence electrons. The highest BCUT2D eigenvalue weighted by molar-refractivity contribution is 6.34. The van der Waals surface area contributed by atoms with Crippen LogP contribution in [0, 0.1) is 0 Å². The number of ether oxygens (including phenoxy) is 5. The lowest BCUT2D eigenvalue weighted by Gasteiger charge is -2.34. The monoisotopic (exact) mass is 586 g/mol. The van der Waals surface area contributed by atoms with Gasteiger partial charge in [0.15, 0.2) is 12.4 Å². The summed E-state index contributed by atoms with van der Waals surface area (Å²) in [6.07, 6.45) is 3.42. The van der Waals surface area contributed by atoms with E-state index in [1.54, 1.807) is 16.8 Å². The molecule has 0 radical (unpaired) electrons. The van der Waals surface area contributed by atoms with Gasteiger partial charge < -0.3 is 34.0 Å². The van der Waals surface area contributed by atoms with Gasteiger partial charge in [0.05, 0.1) is 12.0 Å². The van der Waals surface area contributed by atoms with E-state index < -0.39 is 36.8 Å². The van der Waals surface area contributed by atoms with Crippen LogP contribution in [-0.2, 0) is 23.7 Å². The van der Waals surface area contributed by atoms with Crippen LogP contribution in [0.2, 0.25) is 5.15 Å². The van der Waals surface area contributed by atoms with Gasteiger partial charge in [0.25, 0.3) is 0 Å². The highest BCUT2D eigenvalue weighted by atomic mass is 35.5. The number of nitrogen functional groups attached to an aromatic ring is 1. The molecule has 1 saturated heterocycles. The maximum absolute atomic E-state index is 16.9. The van der Waals surface area contributed by atoms with E-state index in [0.29, 0.717) is 37.5 Å². The molecule has 0 unspecified atom stereocenters. The third-order valence-electron chi connectivity index (χ3n) is 7.08. The van der Waals surface area contributed by atoms with E-state index in [-0.39, 0.29) is 17.7 Å². The van der Waals surface area contributed by atoms with E-state index in [1.807, 2.05) is 0 Å². The van der Waals surface area contributed by atoms with Crippen LogP contribution in [0.1, 0.15) is 85.3 Å². The zero-order valence-electron chi connectivity index (χ0n) is 24.5. The van der Waals surface area contributed by atoms with Gasteiger partial charge in [-0.05, 0) is 31.7 Å². The van der Waals surface area contributed by atoms with Crippen molar-refractivity contribution in [1.29, 1.82) is 0 Å². The van der Waals surface area contributed by atoms with Gasteiger partial charge in [-0.3, -0.25) is 0 Å². The first kappa shape index (κ1) is 32.9. The minimum atomic E-state index is -1.60. The molecular formula is C29H48ClFN4O5. The lowest BCUT2D eigenvalue weighted by Crippen LogP contribution is -2.51. The summed E-state index contributed by atoms with van der Waals surface area (Å²) in [7, 11) is 0. The molecule has 1 fully saturated rings. The summed E-state index contributed by atoms with van der Waals surface area (Å²) >= 11 is 6.35. The lowest BCUT2D eigenvalue weighted by atomic mass is 10.00. The fourth-order valence-electron chi connectivity index (χ4n) is 4.76. The van der Waals surface area contributed by atoms with E-state index >= 15 is 4.39 Å². The normalized spacial score (nSPS) is 25.4. The Hall–Kier alpha value is -1.56. The molecule has 0 saturated carbocycles. The summed E-state index contributed by atoms with van der Waals surface area (Å²) in [4.78, 5) is 8.41. The van der Waals surface area contributed by atoms with E-state index in [2.05, 4.69) is 37.7 Å². The topological polar surface area (TPSA) is 103 Å². The Morgan fingerprint density at radius 2 is 1.45 bits per heavy atom. The van der Waals surface area contributed by atoms with Gasteiger partial charge >= 0.3 is 0 Å². The van der Waals surface area contributed by atoms with Crippen LogP contribution < -0.4 is 5.73 Å². The van der Waals surface area contributed by atoms with Crippen LogP contribution in [0.15, 0.2) is 12.3 Å². The molecule has 2 aromatic rings. The van der Waals surface area contributed by atoms with Crippen LogP contribution in [0.3, 0.4) is 0 Å². The van der Waals surface area contributed by atoms with Gasteiger partial charge in [0.1, 0.15) is 35.2 Å². The molecule has 9 nitrogen and oxygen atoms in total. The molecule has 11 heteroatoms. The van der Waals surface area contributed by atoms with Crippen molar-refractivity contribution in [2.45, 2.75) is 116 Å². The van der Waals surface area contributed by atoms with Crippen molar-refractivity contribution in [3.63, 3.8) is 0 Å². The summed E-state index contributed by atoms with van der Waals surface area (Å²) < 4.78 is 50.2. The number of aromatic nitrogens is 3. The smallest absolute Gasteiger partial charge is 0.223 e. The molecular weight excluding hydrogens is 539 g/mol. The predicted molar refractivity (Wildman–Crippen MR) is 155 cm³/mol. The average Bonchev–Trinajstić information content (AvgIpc) is 3.32. The van der Waals surface area contributed by atoms with Crippen molar-refractivity contribution in [1.82, 2.24) is 14.5 Å². The highest BCUT2D eigenvalue weighted by Gasteiger charge is 2.50. The number of hydrogen-bond acceptors (Lipinski definition) is 8. The number of halogens is 2. The zero-order valence-corrected chi connectivity index (χ0v) is 25.3. The number of rotatable bonds is 18. The molecule has 0 aromatic carbocycles. The van der Waals surface area contributed by atoms with E-state index in [0.717, 1.165) is 51.4 Å². The molecule has 0 aliphatic carbocycles. The summed E-state index contributed by atoms with van der Waals surface area (Å²) in [5.41, 5.74) is 6.30. The van der Waals surface area contributed by atoms with Crippen LogP contribution in [0.4, 0.5) is 10.3 Å². The summed E-state index contributed by atoms with van der Waals surface area (Å²) in [6, 6.07) is 1.74. The Morgan fingerprint density at radius 1 is 0.875 bits per heavy atom. The number of nitrogens with zero attached hydrogens (tertiary/aromatic N) is 3. The Balaban J connectivity index is 2.07. The first-order valence-electron chi connectivity index (χ1n) is 15.0. The zero-order chi connectivity index (χ0) is 28.9. The van der Waals surface area contributed by atoms with Gasteiger partial charge in [0, 0.05) is 32.6 Å². The van der Waals surface area contributed by atoms with Crippen molar-refractivity contribution in [2.24, 2.45) is 0 Å². The average molecular weight is 587 g/mol. The SMILES string of the molecule is CCCCOC[C@H]1O[C@@H](n2ccc3c(Cl)nc(N)nc32)[C@@H](F)[C@H](OCCCC)[C@@H](OCCCC)[C@@H]1OCCCC. The van der Waals surface area contributed by atoms with Crippen LogP contribution in [-0.4, -0.2) is 78.2 Å². The Labute approximate surface area is 243 Å². The minimum absolute atomic E-state index is 0.00164. The van der Waals surface area contributed by atoms with Crippen molar-refractivity contribution < 1.29 is 28.1 Å². The summed E-state index contributed by atoms with van der Waals surface area (Å²) in [5, 5.41) is 0.753. The van der Waals surface area contributed by atoms with E-state index in [4.69, 9.17) is 41.0 Å². The maximum atomic E-state index is 16.9. The number of anilines is 1. The lowest BCUT2D eigenvalue weighted by molar-refractivity contribution is -0.176. The molecule has 0 amide bonds. The fourth-order valence-corrected chi connectivity index (χ4v) is 4.99. The predicted octanol–water partition coefficient (Wildman–Crippen LogP) is 6.28. The summed E-state index contributed by atoms with van der Waals surface area (Å²) in [5.74, 6) is -0.00164. The third kappa shape index (κ3) is 8.72. The van der Waals surface area contributed by atoms with Crippen LogP contribution in [0.25, 0.3) is 11.0 Å². The quantitative estimate of drug-likeness (QED) is 0.161. The second kappa shape index (κ2) is 17.4. The highest BCUT2D eigenvalue weighted by Crippen LogP contribution is 2.37. The van der Waals surface area contributed by atoms with Gasteiger partial charge in [-0.15, -0.1) is 0 Å². The van der Waals surface area contributed by atoms with E-state index in [1.165, 1.54) is 0 Å². The van der Waals surface area contributed by atoms with Gasteiger partial charge in [-0.2, -0.15) is 4.98 Å². The van der Waals surface area contributed by atoms with E-state index in [9.17, 15) is 0 Å². The maximum Gasteiger partial charge on any atom is 0.223 e. The second-order valence-corrected chi connectivity index (χ2v) is 10.7. The molecule has 2 aromatic heterocycles. The standard InChI is InChI=1S/C29H48ClFN4O5/c1-5-9-15-36-19-21-23(37-16-10-6-2)25(39-18-12-8-4)24(38-17-11-7-3)22(31)28(40-21)35-14-13-20-26(30)33-29(32)34-27(20)35/h13-14,21-25,28H,5-12,15-19H2,1-4H3,(H2,32,33,34)/t21-,22+,23-,24+,25+,28-/m1/s1. The number of alkyl halides is 1. The first-order chi connectivity index (χ1) is 19.5. The van der Waals surface area contributed by atoms with Crippen molar-refractivity contribution in [2.75, 3.05) is 38.8 Å². The van der Waals surface area contributed by atoms with Gasteiger partial charge in [0.2, 0.25) is 5.95 Å². The third-order valence-corrected chi connectivity index (χ3v) is 7.37. The Bertz CT molecular complexity index is 999. The molecule has 1 aliphatic rings. The number of nitrogens with two attached hydrogens (primary N) is 1. The number of hydrogen-bond donors (Lipinski definition) is 1. The summed E-state index contributed by atoms with van der Waals surface area (Å²) in [6.45, 7) is 10.5. The largest absolute Gasteiger partial charge is 0.379 e. The molecule has 3 rings (SSSR count). The molecule has 2 N–H and O–H groups in total. The number of fused-ring (bicyclic) bond motifs is 1. The van der Waals surface area contributed by atoms with Crippen molar-refractivity contribution in [3.8, 4) is 0 Å². The molecule has 1 aliphatic heterocycles. The van der Waals surface area contributed by atoms with Crippen molar-refractivity contribution in [3.05, 3.63) is 17.4 Å². The fraction of sp³-hybridized carbons (Fsp3) is 0.793. The van der Waals surface area contributed by atoms with Gasteiger partial charge in [-0.1, -0.05) is 65.0 Å². The molecule has 40 heavy (non-hydrogen) atoms. The molecule has 0 spiro atoms. The minimum Gasteiger partial charge on any atom is -0.379 e. The van der Waals surface area contributed by atoms with Gasteiger partial charge in [-0.25, -0.2) is 9.37 Å². The number of unbranched alkanes of at least 4 members (excludes halogenated alkanes) is 4. The Kier molecular flexibility index (Phi) is 14.3. The Morgan fingerprint density at radius 3 is 2.08 bits per heavy atom. The van der Waals surface area contributed by atoms with Crippen molar-refractivity contribution >= 4 is 28.6 Å². The molecule has 0 bridgehead atoms. The second-order valence-electron chi connectivity index (χ2n) is 10.3. The first-order valence-corrected chi connectivity index (χ1v) is 15.4. The molecule has 3 heterocycles.